The Kier molecular flexibility index (Phi) is 6.95. The normalized spacial score (nSPS) is 22.5. The van der Waals surface area contributed by atoms with Crippen LogP contribution in [-0.4, -0.2) is 65.2 Å². The molecule has 1 atom stereocenters. The van der Waals surface area contributed by atoms with Crippen LogP contribution in [0.2, 0.25) is 0 Å². The van der Waals surface area contributed by atoms with Crippen LogP contribution in [0.15, 0.2) is 0 Å². The number of carboxylic acids is 1. The van der Waals surface area contributed by atoms with E-state index in [2.05, 4.69) is 19.2 Å². The Morgan fingerprint density at radius 3 is 2.43 bits per heavy atom. The maximum absolute atomic E-state index is 12.1. The Balaban J connectivity index is 2.33. The number of nitrogens with zero attached hydrogens (tertiary/aromatic N) is 2. The molecule has 0 aliphatic heterocycles. The van der Waals surface area contributed by atoms with Gasteiger partial charge in [0.1, 0.15) is 0 Å². The monoisotopic (exact) mass is 299 g/mol. The van der Waals surface area contributed by atoms with Gasteiger partial charge in [-0.2, -0.15) is 0 Å². The third-order valence-electron chi connectivity index (χ3n) is 4.39. The van der Waals surface area contributed by atoms with Crippen molar-refractivity contribution in [1.29, 1.82) is 0 Å². The third-order valence-corrected chi connectivity index (χ3v) is 4.39. The van der Waals surface area contributed by atoms with E-state index in [4.69, 9.17) is 5.11 Å². The molecule has 122 valence electrons. The molecule has 0 bridgehead atoms. The molecule has 1 rings (SSSR count). The molecule has 6 nitrogen and oxygen atoms in total. The van der Waals surface area contributed by atoms with E-state index in [1.165, 1.54) is 0 Å². The molecule has 0 aromatic heterocycles. The molecule has 6 heteroatoms. The first-order valence-electron chi connectivity index (χ1n) is 7.88. The average molecular weight is 299 g/mol. The quantitative estimate of drug-likeness (QED) is 0.716. The highest BCUT2D eigenvalue weighted by atomic mass is 16.4. The number of likely N-dealkylation sites (N-methyl/N-ethyl adjacent to an activating group) is 1. The van der Waals surface area contributed by atoms with E-state index >= 15 is 0 Å². The van der Waals surface area contributed by atoms with Gasteiger partial charge in [-0.1, -0.05) is 20.3 Å². The highest BCUT2D eigenvalue weighted by Crippen LogP contribution is 2.25. The second-order valence-electron chi connectivity index (χ2n) is 5.98. The van der Waals surface area contributed by atoms with Crippen molar-refractivity contribution in [2.75, 3.05) is 20.1 Å². The SMILES string of the molecule is CCCC(C)N(C)C(=O)NC1CC(N(CC)CC(=O)O)C1. The summed E-state index contributed by atoms with van der Waals surface area (Å²) < 4.78 is 0. The van der Waals surface area contributed by atoms with E-state index in [1.54, 1.807) is 4.90 Å². The number of nitrogens with one attached hydrogen (secondary N) is 1. The van der Waals surface area contributed by atoms with Gasteiger partial charge in [-0.25, -0.2) is 4.79 Å². The Labute approximate surface area is 127 Å². The smallest absolute Gasteiger partial charge is 0.317 e. The van der Waals surface area contributed by atoms with Crippen LogP contribution < -0.4 is 5.32 Å². The first-order valence-corrected chi connectivity index (χ1v) is 7.88. The standard InChI is InChI=1S/C15H29N3O3/c1-5-7-11(3)17(4)15(21)16-12-8-13(9-12)18(6-2)10-14(19)20/h11-13H,5-10H2,1-4H3,(H,16,21)(H,19,20). The maximum Gasteiger partial charge on any atom is 0.317 e. The van der Waals surface area contributed by atoms with Crippen LogP contribution in [-0.2, 0) is 4.79 Å². The molecule has 0 saturated heterocycles. The predicted octanol–water partition coefficient (Wildman–Crippen LogP) is 1.75. The zero-order valence-corrected chi connectivity index (χ0v) is 13.6. The van der Waals surface area contributed by atoms with Crippen LogP contribution >= 0.6 is 0 Å². The van der Waals surface area contributed by atoms with Gasteiger partial charge in [0.25, 0.3) is 0 Å². The van der Waals surface area contributed by atoms with E-state index in [0.717, 1.165) is 32.2 Å². The van der Waals surface area contributed by atoms with Crippen molar-refractivity contribution in [3.05, 3.63) is 0 Å². The second kappa shape index (κ2) is 8.22. The van der Waals surface area contributed by atoms with Crippen LogP contribution in [0.3, 0.4) is 0 Å². The fraction of sp³-hybridized carbons (Fsp3) is 0.867. The first-order chi connectivity index (χ1) is 9.88. The largest absolute Gasteiger partial charge is 0.480 e. The minimum atomic E-state index is -0.794. The summed E-state index contributed by atoms with van der Waals surface area (Å²) in [7, 11) is 1.83. The molecule has 0 aromatic carbocycles. The second-order valence-corrected chi connectivity index (χ2v) is 5.98. The number of aliphatic carboxylic acids is 1. The van der Waals surface area contributed by atoms with Gasteiger partial charge < -0.3 is 15.3 Å². The summed E-state index contributed by atoms with van der Waals surface area (Å²) in [6.07, 6.45) is 3.73. The number of hydrogen-bond donors (Lipinski definition) is 2. The fourth-order valence-corrected chi connectivity index (χ4v) is 2.76. The first kappa shape index (κ1) is 17.8. The average Bonchev–Trinajstić information content (AvgIpc) is 2.39. The van der Waals surface area contributed by atoms with E-state index in [0.29, 0.717) is 0 Å². The number of carbonyl (C=O) groups excluding carboxylic acids is 1. The van der Waals surface area contributed by atoms with Crippen molar-refractivity contribution in [2.45, 2.75) is 64.6 Å². The van der Waals surface area contributed by atoms with Gasteiger partial charge in [-0.05, 0) is 32.7 Å². The van der Waals surface area contributed by atoms with Gasteiger partial charge >= 0.3 is 12.0 Å². The van der Waals surface area contributed by atoms with Crippen molar-refractivity contribution in [3.63, 3.8) is 0 Å². The summed E-state index contributed by atoms with van der Waals surface area (Å²) >= 11 is 0. The zero-order chi connectivity index (χ0) is 16.0. The van der Waals surface area contributed by atoms with Gasteiger partial charge in [-0.15, -0.1) is 0 Å². The van der Waals surface area contributed by atoms with Crippen LogP contribution in [0.5, 0.6) is 0 Å². The minimum absolute atomic E-state index is 0.0271. The van der Waals surface area contributed by atoms with Gasteiger partial charge in [0, 0.05) is 25.2 Å². The van der Waals surface area contributed by atoms with Gasteiger partial charge in [0.05, 0.1) is 6.54 Å². The Morgan fingerprint density at radius 2 is 1.95 bits per heavy atom. The summed E-state index contributed by atoms with van der Waals surface area (Å²) in [4.78, 5) is 26.6. The van der Waals surface area contributed by atoms with Crippen LogP contribution in [0.25, 0.3) is 0 Å². The van der Waals surface area contributed by atoms with Gasteiger partial charge in [0.15, 0.2) is 0 Å². The lowest BCUT2D eigenvalue weighted by Crippen LogP contribution is -2.57. The highest BCUT2D eigenvalue weighted by molar-refractivity contribution is 5.74. The molecule has 1 aliphatic rings. The molecular weight excluding hydrogens is 270 g/mol. The number of carboxylic acid groups (broad SMARTS) is 1. The van der Waals surface area contributed by atoms with Crippen molar-refractivity contribution >= 4 is 12.0 Å². The number of hydrogen-bond acceptors (Lipinski definition) is 3. The summed E-state index contributed by atoms with van der Waals surface area (Å²) in [6.45, 7) is 6.94. The molecule has 1 fully saturated rings. The molecule has 1 unspecified atom stereocenters. The van der Waals surface area contributed by atoms with E-state index < -0.39 is 5.97 Å². The van der Waals surface area contributed by atoms with Crippen molar-refractivity contribution in [3.8, 4) is 0 Å². The summed E-state index contributed by atoms with van der Waals surface area (Å²) in [5.41, 5.74) is 0. The van der Waals surface area contributed by atoms with Crippen molar-refractivity contribution in [1.82, 2.24) is 15.1 Å². The Morgan fingerprint density at radius 1 is 1.33 bits per heavy atom. The zero-order valence-electron chi connectivity index (χ0n) is 13.6. The molecule has 1 aliphatic carbocycles. The van der Waals surface area contributed by atoms with Gasteiger partial charge in [0.2, 0.25) is 0 Å². The van der Waals surface area contributed by atoms with Crippen LogP contribution in [0, 0.1) is 0 Å². The topological polar surface area (TPSA) is 72.9 Å². The highest BCUT2D eigenvalue weighted by Gasteiger charge is 2.35. The molecule has 0 radical (unpaired) electrons. The Bertz CT molecular complexity index is 356. The third kappa shape index (κ3) is 5.19. The van der Waals surface area contributed by atoms with Crippen molar-refractivity contribution < 1.29 is 14.7 Å². The maximum atomic E-state index is 12.1. The molecule has 0 heterocycles. The predicted molar refractivity (Wildman–Crippen MR) is 82.4 cm³/mol. The van der Waals surface area contributed by atoms with Crippen LogP contribution in [0.4, 0.5) is 4.79 Å². The number of rotatable bonds is 8. The minimum Gasteiger partial charge on any atom is -0.480 e. The lowest BCUT2D eigenvalue weighted by molar-refractivity contribution is -0.139. The van der Waals surface area contributed by atoms with E-state index in [9.17, 15) is 9.59 Å². The lowest BCUT2D eigenvalue weighted by atomic mass is 9.85. The summed E-state index contributed by atoms with van der Waals surface area (Å²) in [5.74, 6) is -0.794. The number of urea groups is 1. The lowest BCUT2D eigenvalue weighted by Gasteiger charge is -2.43. The summed E-state index contributed by atoms with van der Waals surface area (Å²) in [5, 5.41) is 11.9. The van der Waals surface area contributed by atoms with Gasteiger partial charge in [-0.3, -0.25) is 9.69 Å². The Hall–Kier alpha value is -1.30. The molecule has 0 aromatic rings. The number of carbonyl (C=O) groups is 2. The molecule has 0 spiro atoms. The van der Waals surface area contributed by atoms with E-state index in [-0.39, 0.29) is 30.7 Å². The molecule has 2 amide bonds. The van der Waals surface area contributed by atoms with Crippen LogP contribution in [0.1, 0.15) is 46.5 Å². The molecule has 1 saturated carbocycles. The fourth-order valence-electron chi connectivity index (χ4n) is 2.76. The molecule has 21 heavy (non-hydrogen) atoms. The summed E-state index contributed by atoms with van der Waals surface area (Å²) in [6, 6.07) is 0.655. The van der Waals surface area contributed by atoms with Crippen molar-refractivity contribution in [2.24, 2.45) is 0 Å². The molecular formula is C15H29N3O3. The number of amides is 2. The molecule has 2 N–H and O–H groups in total. The van der Waals surface area contributed by atoms with E-state index in [1.807, 2.05) is 18.9 Å².